The predicted molar refractivity (Wildman–Crippen MR) is 58.6 cm³/mol. The van der Waals surface area contributed by atoms with E-state index in [1.54, 1.807) is 7.11 Å². The number of benzene rings is 1. The van der Waals surface area contributed by atoms with Crippen LogP contribution in [0.5, 0.6) is 0 Å². The molecule has 0 amide bonds. The fraction of sp³-hybridized carbons (Fsp3) is 0.364. The van der Waals surface area contributed by atoms with Crippen LogP contribution in [0.25, 0.3) is 11.1 Å². The molecule has 0 saturated heterocycles. The number of aryl methyl sites for hydroxylation is 1. The Labute approximate surface area is 88.0 Å². The lowest BCUT2D eigenvalue weighted by Gasteiger charge is -1.99. The Bertz CT molecular complexity index is 451. The number of nitrogens with two attached hydrogens (primary N) is 1. The Kier molecular flexibility index (Phi) is 2.87. The monoisotopic (exact) mass is 206 g/mol. The van der Waals surface area contributed by atoms with Gasteiger partial charge in [-0.25, -0.2) is 0 Å². The number of oxazole rings is 1. The zero-order valence-corrected chi connectivity index (χ0v) is 8.69. The second-order valence-corrected chi connectivity index (χ2v) is 3.45. The lowest BCUT2D eigenvalue weighted by Crippen LogP contribution is -1.92. The zero-order valence-electron chi connectivity index (χ0n) is 8.69. The first-order valence-corrected chi connectivity index (χ1v) is 4.93. The molecule has 2 rings (SSSR count). The van der Waals surface area contributed by atoms with Crippen LogP contribution in [0.1, 0.15) is 12.0 Å². The molecule has 4 heteroatoms. The summed E-state index contributed by atoms with van der Waals surface area (Å²) < 4.78 is 10.2. The average Bonchev–Trinajstić information content (AvgIpc) is 2.57. The number of nitrogen functional groups attached to an aromatic ring is 1. The molecule has 0 atom stereocenters. The third-order valence-electron chi connectivity index (χ3n) is 2.28. The van der Waals surface area contributed by atoms with E-state index < -0.39 is 0 Å². The van der Waals surface area contributed by atoms with E-state index in [9.17, 15) is 0 Å². The normalized spacial score (nSPS) is 11.0. The molecule has 0 radical (unpaired) electrons. The molecule has 1 aromatic heterocycles. The quantitative estimate of drug-likeness (QED) is 0.777. The summed E-state index contributed by atoms with van der Waals surface area (Å²) in [4.78, 5) is 4.04. The highest BCUT2D eigenvalue weighted by Crippen LogP contribution is 2.18. The van der Waals surface area contributed by atoms with Gasteiger partial charge in [-0.1, -0.05) is 6.07 Å². The highest BCUT2D eigenvalue weighted by molar-refractivity contribution is 5.74. The van der Waals surface area contributed by atoms with Gasteiger partial charge in [0.1, 0.15) is 5.52 Å². The van der Waals surface area contributed by atoms with E-state index >= 15 is 0 Å². The maximum Gasteiger partial charge on any atom is 0.292 e. The molecule has 0 aliphatic carbocycles. The summed E-state index contributed by atoms with van der Waals surface area (Å²) in [5.74, 6) is 0. The minimum absolute atomic E-state index is 0.221. The van der Waals surface area contributed by atoms with Gasteiger partial charge < -0.3 is 14.9 Å². The summed E-state index contributed by atoms with van der Waals surface area (Å²) in [6.45, 7) is 0.774. The van der Waals surface area contributed by atoms with E-state index in [1.807, 2.05) is 18.2 Å². The van der Waals surface area contributed by atoms with E-state index in [-0.39, 0.29) is 6.01 Å². The van der Waals surface area contributed by atoms with Gasteiger partial charge in [-0.05, 0) is 30.5 Å². The van der Waals surface area contributed by atoms with E-state index in [0.717, 1.165) is 30.5 Å². The van der Waals surface area contributed by atoms with Gasteiger partial charge in [0, 0.05) is 13.7 Å². The Morgan fingerprint density at radius 3 is 3.13 bits per heavy atom. The molecule has 0 aliphatic heterocycles. The van der Waals surface area contributed by atoms with Gasteiger partial charge in [0.05, 0.1) is 0 Å². The topological polar surface area (TPSA) is 61.3 Å². The highest BCUT2D eigenvalue weighted by Gasteiger charge is 2.03. The summed E-state index contributed by atoms with van der Waals surface area (Å²) in [6.07, 6.45) is 1.98. The molecule has 0 saturated carbocycles. The largest absolute Gasteiger partial charge is 0.424 e. The molecular formula is C11H14N2O2. The molecular weight excluding hydrogens is 192 g/mol. The summed E-state index contributed by atoms with van der Waals surface area (Å²) in [5, 5.41) is 0. The van der Waals surface area contributed by atoms with Gasteiger partial charge in [-0.15, -0.1) is 0 Å². The van der Waals surface area contributed by atoms with Crippen LogP contribution >= 0.6 is 0 Å². The predicted octanol–water partition coefficient (Wildman–Crippen LogP) is 1.99. The van der Waals surface area contributed by atoms with Crippen LogP contribution in [0.2, 0.25) is 0 Å². The summed E-state index contributed by atoms with van der Waals surface area (Å²) in [5.41, 5.74) is 8.24. The van der Waals surface area contributed by atoms with Crippen LogP contribution in [0.3, 0.4) is 0 Å². The van der Waals surface area contributed by atoms with Crippen molar-refractivity contribution in [1.82, 2.24) is 4.98 Å². The molecule has 4 nitrogen and oxygen atoms in total. The molecule has 1 heterocycles. The number of ether oxygens (including phenoxy) is 1. The molecule has 80 valence electrons. The zero-order chi connectivity index (χ0) is 10.7. The van der Waals surface area contributed by atoms with Gasteiger partial charge in [0.15, 0.2) is 5.58 Å². The molecule has 0 bridgehead atoms. The maximum absolute atomic E-state index is 5.46. The van der Waals surface area contributed by atoms with Crippen LogP contribution in [0, 0.1) is 0 Å². The number of anilines is 1. The van der Waals surface area contributed by atoms with Gasteiger partial charge in [-0.3, -0.25) is 0 Å². The van der Waals surface area contributed by atoms with Gasteiger partial charge in [0.25, 0.3) is 6.01 Å². The minimum Gasteiger partial charge on any atom is -0.424 e. The fourth-order valence-electron chi connectivity index (χ4n) is 1.56. The average molecular weight is 206 g/mol. The van der Waals surface area contributed by atoms with Crippen molar-refractivity contribution in [2.24, 2.45) is 0 Å². The first kappa shape index (κ1) is 9.98. The number of nitrogens with zero attached hydrogens (tertiary/aromatic N) is 1. The van der Waals surface area contributed by atoms with E-state index in [0.29, 0.717) is 0 Å². The Balaban J connectivity index is 2.15. The molecule has 15 heavy (non-hydrogen) atoms. The van der Waals surface area contributed by atoms with Crippen molar-refractivity contribution in [2.45, 2.75) is 12.8 Å². The lowest BCUT2D eigenvalue weighted by atomic mass is 10.1. The van der Waals surface area contributed by atoms with Crippen molar-refractivity contribution >= 4 is 17.1 Å². The van der Waals surface area contributed by atoms with Crippen molar-refractivity contribution < 1.29 is 9.15 Å². The molecule has 0 aliphatic rings. The number of rotatable bonds is 4. The summed E-state index contributed by atoms with van der Waals surface area (Å²) in [6, 6.07) is 6.17. The van der Waals surface area contributed by atoms with Crippen LogP contribution in [0.15, 0.2) is 22.6 Å². The third-order valence-corrected chi connectivity index (χ3v) is 2.28. The fourth-order valence-corrected chi connectivity index (χ4v) is 1.56. The molecule has 2 N–H and O–H groups in total. The van der Waals surface area contributed by atoms with Crippen LogP contribution < -0.4 is 5.73 Å². The lowest BCUT2D eigenvalue weighted by molar-refractivity contribution is 0.195. The van der Waals surface area contributed by atoms with Crippen molar-refractivity contribution in [2.75, 3.05) is 19.5 Å². The Morgan fingerprint density at radius 1 is 1.47 bits per heavy atom. The van der Waals surface area contributed by atoms with Gasteiger partial charge >= 0.3 is 0 Å². The van der Waals surface area contributed by atoms with Crippen molar-refractivity contribution in [3.05, 3.63) is 23.8 Å². The minimum atomic E-state index is 0.221. The molecule has 0 spiro atoms. The van der Waals surface area contributed by atoms with Crippen molar-refractivity contribution in [3.63, 3.8) is 0 Å². The standard InChI is InChI=1S/C11H14N2O2/c1-14-6-2-3-8-4-5-9-10(7-8)15-11(12)13-9/h4-5,7H,2-3,6H2,1H3,(H2,12,13). The number of hydrogen-bond donors (Lipinski definition) is 1. The first-order valence-electron chi connectivity index (χ1n) is 4.93. The van der Waals surface area contributed by atoms with E-state index in [2.05, 4.69) is 4.98 Å². The van der Waals surface area contributed by atoms with Crippen LogP contribution in [-0.2, 0) is 11.2 Å². The smallest absolute Gasteiger partial charge is 0.292 e. The Hall–Kier alpha value is -1.55. The van der Waals surface area contributed by atoms with Crippen molar-refractivity contribution in [3.8, 4) is 0 Å². The van der Waals surface area contributed by atoms with E-state index in [4.69, 9.17) is 14.9 Å². The highest BCUT2D eigenvalue weighted by atomic mass is 16.5. The van der Waals surface area contributed by atoms with Gasteiger partial charge in [-0.2, -0.15) is 4.98 Å². The SMILES string of the molecule is COCCCc1ccc2nc(N)oc2c1. The second-order valence-electron chi connectivity index (χ2n) is 3.45. The van der Waals surface area contributed by atoms with E-state index in [1.165, 1.54) is 5.56 Å². The molecule has 2 aromatic rings. The molecule has 1 aromatic carbocycles. The van der Waals surface area contributed by atoms with Gasteiger partial charge in [0.2, 0.25) is 0 Å². The Morgan fingerprint density at radius 2 is 2.33 bits per heavy atom. The number of hydrogen-bond acceptors (Lipinski definition) is 4. The summed E-state index contributed by atoms with van der Waals surface area (Å²) in [7, 11) is 1.71. The van der Waals surface area contributed by atoms with Crippen LogP contribution in [-0.4, -0.2) is 18.7 Å². The van der Waals surface area contributed by atoms with Crippen molar-refractivity contribution in [1.29, 1.82) is 0 Å². The number of methoxy groups -OCH3 is 1. The second kappa shape index (κ2) is 4.31. The number of fused-ring (bicyclic) bond motifs is 1. The first-order chi connectivity index (χ1) is 7.29. The maximum atomic E-state index is 5.46. The molecule has 0 unspecified atom stereocenters. The third kappa shape index (κ3) is 2.27. The summed E-state index contributed by atoms with van der Waals surface area (Å²) >= 11 is 0. The molecule has 0 fully saturated rings. The van der Waals surface area contributed by atoms with Crippen LogP contribution in [0.4, 0.5) is 6.01 Å². The number of aromatic nitrogens is 1.